The molecular weight excluding hydrogens is 272 g/mol. The fourth-order valence-electron chi connectivity index (χ4n) is 1.21. The van der Waals surface area contributed by atoms with Gasteiger partial charge in [0.2, 0.25) is 0 Å². The summed E-state index contributed by atoms with van der Waals surface area (Å²) in [6.45, 7) is -0.296. The number of rotatable bonds is 10. The van der Waals surface area contributed by atoms with Crippen molar-refractivity contribution < 1.29 is 38.9 Å². The van der Waals surface area contributed by atoms with Crippen LogP contribution in [-0.2, 0) is 28.7 Å². The molecule has 0 heterocycles. The third kappa shape index (κ3) is 11.1. The second-order valence-electron chi connectivity index (χ2n) is 3.89. The first kappa shape index (κ1) is 18.0. The molecule has 0 aromatic rings. The van der Waals surface area contributed by atoms with Crippen LogP contribution in [0.3, 0.4) is 0 Å². The summed E-state index contributed by atoms with van der Waals surface area (Å²) in [6.07, 6.45) is 0.0750. The van der Waals surface area contributed by atoms with Gasteiger partial charge in [-0.05, 0) is 12.8 Å². The summed E-state index contributed by atoms with van der Waals surface area (Å²) in [5.74, 6) is -3.23. The Labute approximate surface area is 115 Å². The van der Waals surface area contributed by atoms with E-state index in [9.17, 15) is 19.2 Å². The number of carbonyl (C=O) groups is 4. The maximum absolute atomic E-state index is 11.2. The van der Waals surface area contributed by atoms with Crippen LogP contribution in [0, 0.1) is 0 Å². The lowest BCUT2D eigenvalue weighted by Gasteiger charge is -2.03. The van der Waals surface area contributed by atoms with Crippen LogP contribution in [-0.4, -0.2) is 47.3 Å². The van der Waals surface area contributed by atoms with Crippen molar-refractivity contribution in [2.24, 2.45) is 0 Å². The quantitative estimate of drug-likeness (QED) is 0.327. The highest BCUT2D eigenvalue weighted by molar-refractivity contribution is 5.87. The number of hydrogen-bond donors (Lipinski definition) is 2. The average molecular weight is 290 g/mol. The molecular formula is C12H18O8. The lowest BCUT2D eigenvalue weighted by molar-refractivity contribution is -0.161. The molecule has 0 aromatic heterocycles. The number of aliphatic carboxylic acids is 1. The van der Waals surface area contributed by atoms with Gasteiger partial charge in [-0.2, -0.15) is 0 Å². The Bertz CT molecular complexity index is 349. The molecule has 0 saturated carbocycles. The SMILES string of the molecule is O=C(O)CCC(=O)OC(=O)CCCCC(=O)OCCO. The molecule has 0 saturated heterocycles. The minimum atomic E-state index is -1.14. The Morgan fingerprint density at radius 3 is 1.90 bits per heavy atom. The summed E-state index contributed by atoms with van der Waals surface area (Å²) >= 11 is 0. The highest BCUT2D eigenvalue weighted by atomic mass is 16.6. The predicted molar refractivity (Wildman–Crippen MR) is 64.5 cm³/mol. The molecule has 0 spiro atoms. The van der Waals surface area contributed by atoms with E-state index < -0.39 is 23.9 Å². The van der Waals surface area contributed by atoms with Crippen molar-refractivity contribution in [1.82, 2.24) is 0 Å². The van der Waals surface area contributed by atoms with Crippen LogP contribution in [0.25, 0.3) is 0 Å². The monoisotopic (exact) mass is 290 g/mol. The van der Waals surface area contributed by atoms with Crippen LogP contribution < -0.4 is 0 Å². The van der Waals surface area contributed by atoms with Crippen LogP contribution in [0.15, 0.2) is 0 Å². The molecule has 0 radical (unpaired) electrons. The summed E-state index contributed by atoms with van der Waals surface area (Å²) < 4.78 is 8.98. The van der Waals surface area contributed by atoms with Gasteiger partial charge in [0.05, 0.1) is 19.4 Å². The number of carboxylic acid groups (broad SMARTS) is 1. The molecule has 0 bridgehead atoms. The van der Waals surface area contributed by atoms with E-state index in [1.807, 2.05) is 0 Å². The van der Waals surface area contributed by atoms with Crippen LogP contribution in [0.2, 0.25) is 0 Å². The van der Waals surface area contributed by atoms with Gasteiger partial charge in [0.1, 0.15) is 6.61 Å². The Kier molecular flexibility index (Phi) is 9.85. The molecule has 2 N–H and O–H groups in total. The molecule has 0 rings (SSSR count). The van der Waals surface area contributed by atoms with Gasteiger partial charge >= 0.3 is 23.9 Å². The normalized spacial score (nSPS) is 9.85. The maximum atomic E-state index is 11.2. The number of hydrogen-bond acceptors (Lipinski definition) is 7. The van der Waals surface area contributed by atoms with E-state index in [0.717, 1.165) is 0 Å². The molecule has 8 heteroatoms. The van der Waals surface area contributed by atoms with Gasteiger partial charge in [-0.3, -0.25) is 19.2 Å². The van der Waals surface area contributed by atoms with E-state index in [4.69, 9.17) is 10.2 Å². The molecule has 0 fully saturated rings. The van der Waals surface area contributed by atoms with E-state index >= 15 is 0 Å². The van der Waals surface area contributed by atoms with Crippen LogP contribution >= 0.6 is 0 Å². The van der Waals surface area contributed by atoms with E-state index in [-0.39, 0.29) is 38.9 Å². The summed E-state index contributed by atoms with van der Waals surface area (Å²) in [7, 11) is 0. The zero-order chi connectivity index (χ0) is 15.4. The summed E-state index contributed by atoms with van der Waals surface area (Å²) in [4.78, 5) is 43.4. The molecule has 0 amide bonds. The Hall–Kier alpha value is -1.96. The minimum absolute atomic E-state index is 0.0356. The number of ether oxygens (including phenoxy) is 2. The second-order valence-corrected chi connectivity index (χ2v) is 3.89. The van der Waals surface area contributed by atoms with Gasteiger partial charge in [0.15, 0.2) is 0 Å². The predicted octanol–water partition coefficient (Wildman–Crippen LogP) is 0.0169. The van der Waals surface area contributed by atoms with Crippen molar-refractivity contribution in [3.05, 3.63) is 0 Å². The highest BCUT2D eigenvalue weighted by Gasteiger charge is 2.12. The molecule has 0 aromatic carbocycles. The number of aliphatic hydroxyl groups excluding tert-OH is 1. The summed E-state index contributed by atoms with van der Waals surface area (Å²) in [6, 6.07) is 0. The van der Waals surface area contributed by atoms with Gasteiger partial charge in [0.25, 0.3) is 0 Å². The molecule has 114 valence electrons. The van der Waals surface area contributed by atoms with Gasteiger partial charge in [-0.25, -0.2) is 0 Å². The number of carbonyl (C=O) groups excluding carboxylic acids is 3. The Morgan fingerprint density at radius 2 is 1.35 bits per heavy atom. The van der Waals surface area contributed by atoms with Gasteiger partial charge in [-0.1, -0.05) is 0 Å². The number of carboxylic acids is 1. The first-order valence-electron chi connectivity index (χ1n) is 6.17. The molecule has 20 heavy (non-hydrogen) atoms. The van der Waals surface area contributed by atoms with Crippen LogP contribution in [0.4, 0.5) is 0 Å². The Morgan fingerprint density at radius 1 is 0.800 bits per heavy atom. The summed E-state index contributed by atoms with van der Waals surface area (Å²) in [5, 5.41) is 16.7. The van der Waals surface area contributed by atoms with E-state index in [1.165, 1.54) is 0 Å². The number of esters is 3. The van der Waals surface area contributed by atoms with Crippen molar-refractivity contribution in [2.45, 2.75) is 38.5 Å². The molecule has 0 aliphatic rings. The smallest absolute Gasteiger partial charge is 0.314 e. The van der Waals surface area contributed by atoms with Gasteiger partial charge in [-0.15, -0.1) is 0 Å². The van der Waals surface area contributed by atoms with Crippen molar-refractivity contribution in [2.75, 3.05) is 13.2 Å². The van der Waals surface area contributed by atoms with Gasteiger partial charge < -0.3 is 19.7 Å². The lowest BCUT2D eigenvalue weighted by atomic mass is 10.2. The third-order valence-corrected chi connectivity index (χ3v) is 2.14. The molecule has 0 atom stereocenters. The first-order valence-corrected chi connectivity index (χ1v) is 6.17. The van der Waals surface area contributed by atoms with E-state index in [2.05, 4.69) is 9.47 Å². The fraction of sp³-hybridized carbons (Fsp3) is 0.667. The first-order chi connectivity index (χ1) is 9.45. The highest BCUT2D eigenvalue weighted by Crippen LogP contribution is 2.04. The Balaban J connectivity index is 3.60. The standard InChI is InChI=1S/C12H18O8/c13-7-8-19-10(16)3-1-2-4-11(17)20-12(18)6-5-9(14)15/h13H,1-8H2,(H,14,15). The van der Waals surface area contributed by atoms with Crippen molar-refractivity contribution in [3.63, 3.8) is 0 Å². The van der Waals surface area contributed by atoms with Crippen LogP contribution in [0.1, 0.15) is 38.5 Å². The van der Waals surface area contributed by atoms with Crippen molar-refractivity contribution in [1.29, 1.82) is 0 Å². The largest absolute Gasteiger partial charge is 0.481 e. The van der Waals surface area contributed by atoms with Crippen molar-refractivity contribution >= 4 is 23.9 Å². The number of unbranched alkanes of at least 4 members (excludes halogenated alkanes) is 1. The second kappa shape index (κ2) is 10.9. The molecule has 0 aliphatic heterocycles. The topological polar surface area (TPSA) is 127 Å². The lowest BCUT2D eigenvalue weighted by Crippen LogP contribution is -2.13. The average Bonchev–Trinajstić information content (AvgIpc) is 2.39. The van der Waals surface area contributed by atoms with Crippen LogP contribution in [0.5, 0.6) is 0 Å². The minimum Gasteiger partial charge on any atom is -0.481 e. The zero-order valence-corrected chi connectivity index (χ0v) is 11.0. The molecule has 8 nitrogen and oxygen atoms in total. The van der Waals surface area contributed by atoms with Crippen molar-refractivity contribution in [3.8, 4) is 0 Å². The molecule has 0 unspecified atom stereocenters. The zero-order valence-electron chi connectivity index (χ0n) is 11.0. The third-order valence-electron chi connectivity index (χ3n) is 2.14. The van der Waals surface area contributed by atoms with E-state index in [0.29, 0.717) is 12.8 Å². The summed E-state index contributed by atoms with van der Waals surface area (Å²) in [5.41, 5.74) is 0. The molecule has 0 aliphatic carbocycles. The number of aliphatic hydroxyl groups is 1. The fourth-order valence-corrected chi connectivity index (χ4v) is 1.21. The van der Waals surface area contributed by atoms with Gasteiger partial charge in [0, 0.05) is 12.8 Å². The van der Waals surface area contributed by atoms with E-state index in [1.54, 1.807) is 0 Å². The maximum Gasteiger partial charge on any atom is 0.314 e.